The lowest BCUT2D eigenvalue weighted by Crippen LogP contribution is -2.21. The van der Waals surface area contributed by atoms with Crippen molar-refractivity contribution in [1.29, 1.82) is 0 Å². The van der Waals surface area contributed by atoms with Crippen LogP contribution in [0.4, 0.5) is 0 Å². The van der Waals surface area contributed by atoms with Crippen molar-refractivity contribution in [3.8, 4) is 0 Å². The second kappa shape index (κ2) is 7.41. The Hall–Kier alpha value is -1.39. The molecule has 110 valence electrons. The van der Waals surface area contributed by atoms with Crippen molar-refractivity contribution in [2.75, 3.05) is 19.8 Å². The smallest absolute Gasteiger partial charge is 0.332 e. The average molecular weight is 277 g/mol. The van der Waals surface area contributed by atoms with Crippen molar-refractivity contribution in [2.45, 2.75) is 38.6 Å². The molecule has 0 spiro atoms. The molecule has 0 bridgehead atoms. The highest BCUT2D eigenvalue weighted by molar-refractivity contribution is 5.70. The number of carbonyl (C=O) groups is 1. The van der Waals surface area contributed by atoms with Crippen molar-refractivity contribution in [3.05, 3.63) is 34.9 Å². The zero-order valence-corrected chi connectivity index (χ0v) is 12.1. The summed E-state index contributed by atoms with van der Waals surface area (Å²) in [4.78, 5) is 11.2. The highest BCUT2D eigenvalue weighted by atomic mass is 16.6. The number of carbonyl (C=O) groups excluding carboxylic acids is 1. The Bertz CT molecular complexity index is 459. The summed E-state index contributed by atoms with van der Waals surface area (Å²) in [5.74, 6) is -0.342. The zero-order chi connectivity index (χ0) is 14.4. The Morgan fingerprint density at radius 2 is 2.05 bits per heavy atom. The molecular weight excluding hydrogens is 254 g/mol. The molecule has 2 rings (SSSR count). The van der Waals surface area contributed by atoms with Crippen molar-refractivity contribution >= 4 is 5.97 Å². The van der Waals surface area contributed by atoms with Gasteiger partial charge in [-0.2, -0.15) is 0 Å². The van der Waals surface area contributed by atoms with Crippen LogP contribution >= 0.6 is 0 Å². The zero-order valence-electron chi connectivity index (χ0n) is 12.1. The first-order chi connectivity index (χ1) is 9.70. The van der Waals surface area contributed by atoms with E-state index in [0.717, 1.165) is 12.0 Å². The monoisotopic (exact) mass is 277 g/mol. The van der Waals surface area contributed by atoms with Crippen molar-refractivity contribution in [1.82, 2.24) is 0 Å². The maximum absolute atomic E-state index is 11.2. The van der Waals surface area contributed by atoms with Crippen molar-refractivity contribution in [2.24, 2.45) is 5.73 Å². The summed E-state index contributed by atoms with van der Waals surface area (Å²) in [5, 5.41) is 0. The third-order valence-corrected chi connectivity index (χ3v) is 3.62. The summed E-state index contributed by atoms with van der Waals surface area (Å²) >= 11 is 0. The summed E-state index contributed by atoms with van der Waals surface area (Å²) in [6, 6.07) is 6.24. The largest absolute Gasteiger partial charge is 0.464 e. The van der Waals surface area contributed by atoms with Crippen LogP contribution in [0.15, 0.2) is 18.2 Å². The SMILES string of the molecule is CCOC(=O)COCC(N)c1ccc2c(c1)CCCC2. The number of rotatable bonds is 6. The van der Waals surface area contributed by atoms with Gasteiger partial charge in [0.2, 0.25) is 0 Å². The van der Waals surface area contributed by atoms with Gasteiger partial charge >= 0.3 is 5.97 Å². The van der Waals surface area contributed by atoms with E-state index in [9.17, 15) is 4.79 Å². The Labute approximate surface area is 120 Å². The van der Waals surface area contributed by atoms with Gasteiger partial charge in [-0.25, -0.2) is 4.79 Å². The van der Waals surface area contributed by atoms with E-state index >= 15 is 0 Å². The van der Waals surface area contributed by atoms with Crippen LogP contribution < -0.4 is 5.73 Å². The summed E-state index contributed by atoms with van der Waals surface area (Å²) in [6.07, 6.45) is 4.84. The van der Waals surface area contributed by atoms with Gasteiger partial charge in [-0.15, -0.1) is 0 Å². The van der Waals surface area contributed by atoms with Gasteiger partial charge in [-0.1, -0.05) is 18.2 Å². The standard InChI is InChI=1S/C16H23NO3/c1-2-20-16(18)11-19-10-15(17)14-8-7-12-5-3-4-6-13(12)9-14/h7-9,15H,2-6,10-11,17H2,1H3. The minimum atomic E-state index is -0.342. The molecule has 4 nitrogen and oxygen atoms in total. The van der Waals surface area contributed by atoms with E-state index in [1.54, 1.807) is 6.92 Å². The quantitative estimate of drug-likeness (QED) is 0.809. The number of benzene rings is 1. The molecule has 0 saturated carbocycles. The number of ether oxygens (including phenoxy) is 2. The number of fused-ring (bicyclic) bond motifs is 1. The van der Waals surface area contributed by atoms with Crippen molar-refractivity contribution < 1.29 is 14.3 Å². The molecule has 0 amide bonds. The van der Waals surface area contributed by atoms with Crippen LogP contribution in [0, 0.1) is 0 Å². The van der Waals surface area contributed by atoms with Crippen LogP contribution in [0.1, 0.15) is 42.5 Å². The maximum atomic E-state index is 11.2. The third kappa shape index (κ3) is 4.05. The fourth-order valence-electron chi connectivity index (χ4n) is 2.55. The summed E-state index contributed by atoms with van der Waals surface area (Å²) in [5.41, 5.74) is 10.0. The highest BCUT2D eigenvalue weighted by Crippen LogP contribution is 2.24. The summed E-state index contributed by atoms with van der Waals surface area (Å²) < 4.78 is 10.1. The second-order valence-electron chi connectivity index (χ2n) is 5.16. The Morgan fingerprint density at radius 3 is 2.80 bits per heavy atom. The fraction of sp³-hybridized carbons (Fsp3) is 0.562. The van der Waals surface area contributed by atoms with Gasteiger partial charge in [0.05, 0.1) is 19.3 Å². The molecule has 1 atom stereocenters. The predicted octanol–water partition coefficient (Wildman–Crippen LogP) is 2.14. The molecule has 0 aromatic heterocycles. The lowest BCUT2D eigenvalue weighted by molar-refractivity contribution is -0.148. The topological polar surface area (TPSA) is 61.5 Å². The second-order valence-corrected chi connectivity index (χ2v) is 5.16. The van der Waals surface area contributed by atoms with Crippen LogP contribution in [-0.4, -0.2) is 25.8 Å². The maximum Gasteiger partial charge on any atom is 0.332 e. The van der Waals surface area contributed by atoms with Crippen LogP contribution in [-0.2, 0) is 27.1 Å². The number of esters is 1. The van der Waals surface area contributed by atoms with Gasteiger partial charge in [0.1, 0.15) is 6.61 Å². The molecule has 0 heterocycles. The normalized spacial score (nSPS) is 15.5. The van der Waals surface area contributed by atoms with E-state index in [1.165, 1.54) is 30.4 Å². The average Bonchev–Trinajstić information content (AvgIpc) is 2.47. The van der Waals surface area contributed by atoms with Gasteiger partial charge in [0.15, 0.2) is 0 Å². The Balaban J connectivity index is 1.86. The van der Waals surface area contributed by atoms with E-state index in [1.807, 2.05) is 0 Å². The molecule has 1 aromatic rings. The van der Waals surface area contributed by atoms with E-state index in [0.29, 0.717) is 13.2 Å². The van der Waals surface area contributed by atoms with Gasteiger partial charge < -0.3 is 15.2 Å². The van der Waals surface area contributed by atoms with Gasteiger partial charge in [-0.05, 0) is 49.3 Å². The molecule has 0 saturated heterocycles. The Kier molecular flexibility index (Phi) is 5.56. The van der Waals surface area contributed by atoms with Gasteiger partial charge in [0, 0.05) is 0 Å². The van der Waals surface area contributed by atoms with Crippen LogP contribution in [0.3, 0.4) is 0 Å². The summed E-state index contributed by atoms with van der Waals surface area (Å²) in [6.45, 7) is 2.44. The van der Waals surface area contributed by atoms with Crippen LogP contribution in [0.25, 0.3) is 0 Å². The molecular formula is C16H23NO3. The first-order valence-corrected chi connectivity index (χ1v) is 7.31. The van der Waals surface area contributed by atoms with Gasteiger partial charge in [-0.3, -0.25) is 0 Å². The molecule has 1 aliphatic carbocycles. The number of nitrogens with two attached hydrogens (primary N) is 1. The molecule has 2 N–H and O–H groups in total. The van der Waals surface area contributed by atoms with Crippen LogP contribution in [0.2, 0.25) is 0 Å². The minimum Gasteiger partial charge on any atom is -0.464 e. The first kappa shape index (κ1) is 15.0. The third-order valence-electron chi connectivity index (χ3n) is 3.62. The number of hydrogen-bond acceptors (Lipinski definition) is 4. The molecule has 0 radical (unpaired) electrons. The molecule has 1 aromatic carbocycles. The van der Waals surface area contributed by atoms with Gasteiger partial charge in [0.25, 0.3) is 0 Å². The molecule has 4 heteroatoms. The molecule has 1 unspecified atom stereocenters. The summed E-state index contributed by atoms with van der Waals surface area (Å²) in [7, 11) is 0. The van der Waals surface area contributed by atoms with E-state index in [-0.39, 0.29) is 18.6 Å². The number of hydrogen-bond donors (Lipinski definition) is 1. The van der Waals surface area contributed by atoms with E-state index in [2.05, 4.69) is 18.2 Å². The predicted molar refractivity (Wildman–Crippen MR) is 77.5 cm³/mol. The Morgan fingerprint density at radius 1 is 1.30 bits per heavy atom. The first-order valence-electron chi connectivity index (χ1n) is 7.31. The molecule has 20 heavy (non-hydrogen) atoms. The molecule has 1 aliphatic rings. The lowest BCUT2D eigenvalue weighted by Gasteiger charge is -2.19. The molecule has 0 aliphatic heterocycles. The van der Waals surface area contributed by atoms with E-state index < -0.39 is 0 Å². The highest BCUT2D eigenvalue weighted by Gasteiger charge is 2.13. The number of aryl methyl sites for hydroxylation is 2. The molecule has 0 fully saturated rings. The fourth-order valence-corrected chi connectivity index (χ4v) is 2.55. The lowest BCUT2D eigenvalue weighted by atomic mass is 9.89. The minimum absolute atomic E-state index is 0.0352. The van der Waals surface area contributed by atoms with Crippen molar-refractivity contribution in [3.63, 3.8) is 0 Å². The van der Waals surface area contributed by atoms with Crippen LogP contribution in [0.5, 0.6) is 0 Å². The van der Waals surface area contributed by atoms with E-state index in [4.69, 9.17) is 15.2 Å².